The molecule has 0 aromatic rings. The van der Waals surface area contributed by atoms with Crippen LogP contribution in [-0.2, 0) is 104 Å². The van der Waals surface area contributed by atoms with E-state index in [2.05, 4.69) is 67.9 Å². The molecule has 0 aliphatic heterocycles. The van der Waals surface area contributed by atoms with Crippen molar-refractivity contribution >= 4 is 62.6 Å². The van der Waals surface area contributed by atoms with Crippen LogP contribution in [-0.4, -0.2) is 162 Å². The quantitative estimate of drug-likeness (QED) is 0.0307. The Balaban J connectivity index is 4.24. The molecule has 0 saturated carbocycles. The SMILES string of the molecule is CCC(COP(=O)(O)O)COP(=O)(O)OCCOP(=O)(O)OCCOP(=O)(O)OCCOP(=O)(O)OCCOP(=O)(O)OCCOP(=O)(O)OCCOP(=O)(O)OCC(CO)CF. The van der Waals surface area contributed by atoms with Crippen LogP contribution in [0.4, 0.5) is 4.39 Å². The third kappa shape index (κ3) is 37.4. The molecular weight excluding hydrogens is 1050 g/mol. The number of hydrogen-bond acceptors (Lipinski definition) is 24. The van der Waals surface area contributed by atoms with Crippen LogP contribution < -0.4 is 0 Å². The molecule has 0 aromatic heterocycles. The molecule has 0 amide bonds. The normalized spacial score (nSPS) is 20.3. The van der Waals surface area contributed by atoms with E-state index in [-0.39, 0.29) is 6.42 Å². The Morgan fingerprint density at radius 3 is 0.714 bits per heavy atom. The maximum Gasteiger partial charge on any atom is 0.472 e. The Kier molecular flexibility index (Phi) is 31.5. The van der Waals surface area contributed by atoms with E-state index in [0.29, 0.717) is 0 Å². The molecule has 33 nitrogen and oxygen atoms in total. The minimum Gasteiger partial charge on any atom is -0.396 e. The average Bonchev–Trinajstić information content (AvgIpc) is 3.16. The fourth-order valence-corrected chi connectivity index (χ4v) is 8.51. The highest BCUT2D eigenvalue weighted by Crippen LogP contribution is 2.50. The van der Waals surface area contributed by atoms with Gasteiger partial charge in [-0.3, -0.25) is 72.2 Å². The van der Waals surface area contributed by atoms with Gasteiger partial charge in [0.25, 0.3) is 0 Å². The summed E-state index contributed by atoms with van der Waals surface area (Å²) in [6, 6.07) is 0. The number of phosphoric ester groups is 8. The number of alkyl halides is 1. The van der Waals surface area contributed by atoms with Crippen molar-refractivity contribution in [3.05, 3.63) is 0 Å². The van der Waals surface area contributed by atoms with Crippen molar-refractivity contribution in [3.63, 3.8) is 0 Å². The van der Waals surface area contributed by atoms with Crippen molar-refractivity contribution in [1.29, 1.82) is 0 Å². The smallest absolute Gasteiger partial charge is 0.396 e. The summed E-state index contributed by atoms with van der Waals surface area (Å²) < 4.78 is 173. The largest absolute Gasteiger partial charge is 0.472 e. The van der Waals surface area contributed by atoms with Crippen LogP contribution in [0, 0.1) is 11.8 Å². The van der Waals surface area contributed by atoms with Crippen LogP contribution >= 0.6 is 62.6 Å². The van der Waals surface area contributed by atoms with Crippen LogP contribution in [0.1, 0.15) is 13.3 Å². The molecule has 0 fully saturated rings. The Hall–Kier alpha value is 0.770. The lowest BCUT2D eigenvalue weighted by atomic mass is 10.1. The summed E-state index contributed by atoms with van der Waals surface area (Å²) in [5, 5.41) is 8.82. The van der Waals surface area contributed by atoms with Gasteiger partial charge in [0.1, 0.15) is 0 Å². The lowest BCUT2D eigenvalue weighted by molar-refractivity contribution is 0.0702. The third-order valence-electron chi connectivity index (χ3n) is 6.03. The van der Waals surface area contributed by atoms with Crippen molar-refractivity contribution in [3.8, 4) is 0 Å². The first-order chi connectivity index (χ1) is 28.9. The Labute approximate surface area is 357 Å². The molecule has 42 heteroatoms. The summed E-state index contributed by atoms with van der Waals surface area (Å²) in [7, 11) is -38.8. The van der Waals surface area contributed by atoms with Crippen LogP contribution in [0.25, 0.3) is 0 Å². The van der Waals surface area contributed by atoms with Crippen LogP contribution in [0.15, 0.2) is 0 Å². The van der Waals surface area contributed by atoms with Gasteiger partial charge in [-0.25, -0.2) is 36.5 Å². The van der Waals surface area contributed by atoms with Gasteiger partial charge in [0.15, 0.2) is 0 Å². The standard InChI is InChI=1S/C21H51FO33P8/c1-2-20(17-53-56(24,25)26)18-54-62(37,38)51-13-11-49-60(33,34)47-9-7-45-58(29,30)43-5-3-41-57(27,28)42-4-6-44-59(31,32)46-8-10-48-61(35,36)50-12-14-52-63(39,40)55-19-21(15-22)16-23/h20-21,23H,2-19H2,1H3,(H,27,28)(H,29,30)(H,31,32)(H,33,34)(H,35,36)(H,37,38)(H,39,40)(H2,24,25,26). The molecule has 0 rings (SSSR count). The highest BCUT2D eigenvalue weighted by atomic mass is 31.2. The fourth-order valence-electron chi connectivity index (χ4n) is 3.12. The summed E-state index contributed by atoms with van der Waals surface area (Å²) in [5.41, 5.74) is 0. The van der Waals surface area contributed by atoms with E-state index in [1.807, 2.05) is 0 Å². The Bertz CT molecular complexity index is 1680. The van der Waals surface area contributed by atoms with Gasteiger partial charge in [0.2, 0.25) is 0 Å². The monoisotopic (exact) mass is 1100 g/mol. The first kappa shape index (κ1) is 63.8. The topological polar surface area (TPSA) is 477 Å². The molecule has 0 heterocycles. The molecule has 9 unspecified atom stereocenters. The first-order valence-electron chi connectivity index (χ1n) is 17.1. The number of hydrogen-bond donors (Lipinski definition) is 10. The molecule has 10 N–H and O–H groups in total. The van der Waals surface area contributed by atoms with E-state index >= 15 is 0 Å². The second-order valence-corrected chi connectivity index (χ2v) is 22.5. The molecule has 0 spiro atoms. The van der Waals surface area contributed by atoms with E-state index in [1.165, 1.54) is 0 Å². The molecule has 0 radical (unpaired) electrons. The summed E-state index contributed by atoms with van der Waals surface area (Å²) in [6.07, 6.45) is 0.233. The zero-order chi connectivity index (χ0) is 48.5. The molecule has 0 bridgehead atoms. The number of halogens is 1. The summed E-state index contributed by atoms with van der Waals surface area (Å²) in [6.45, 7) is -12.0. The van der Waals surface area contributed by atoms with E-state index in [1.54, 1.807) is 6.92 Å². The highest BCUT2D eigenvalue weighted by molar-refractivity contribution is 7.49. The molecule has 9 atom stereocenters. The predicted octanol–water partition coefficient (Wildman–Crippen LogP) is 1.64. The van der Waals surface area contributed by atoms with Crippen molar-refractivity contribution in [2.75, 3.05) is 112 Å². The molecule has 0 aliphatic rings. The van der Waals surface area contributed by atoms with Crippen molar-refractivity contribution in [2.24, 2.45) is 11.8 Å². The maximum atomic E-state index is 12.5. The molecule has 0 aromatic carbocycles. The summed E-state index contributed by atoms with van der Waals surface area (Å²) in [4.78, 5) is 84.7. The number of aliphatic hydroxyl groups is 1. The zero-order valence-corrected chi connectivity index (χ0v) is 39.9. The van der Waals surface area contributed by atoms with Gasteiger partial charge in [-0.1, -0.05) is 6.92 Å². The minimum absolute atomic E-state index is 0.233. The fraction of sp³-hybridized carbons (Fsp3) is 1.00. The summed E-state index contributed by atoms with van der Waals surface area (Å²) >= 11 is 0. The van der Waals surface area contributed by atoms with Gasteiger partial charge in [-0.15, -0.1) is 0 Å². The Morgan fingerprint density at radius 1 is 0.349 bits per heavy atom. The zero-order valence-electron chi connectivity index (χ0n) is 32.7. The summed E-state index contributed by atoms with van der Waals surface area (Å²) in [5.74, 6) is -1.80. The van der Waals surface area contributed by atoms with Gasteiger partial charge in [-0.05, 0) is 6.42 Å². The molecule has 380 valence electrons. The van der Waals surface area contributed by atoms with Gasteiger partial charge in [0.05, 0.1) is 112 Å². The molecule has 0 aliphatic carbocycles. The first-order valence-corrected chi connectivity index (χ1v) is 29.1. The van der Waals surface area contributed by atoms with E-state index < -0.39 is 187 Å². The number of aliphatic hydroxyl groups excluding tert-OH is 1. The average molecular weight is 1100 g/mol. The van der Waals surface area contributed by atoms with Gasteiger partial charge < -0.3 is 49.1 Å². The minimum atomic E-state index is -4.93. The van der Waals surface area contributed by atoms with Crippen molar-refractivity contribution in [1.82, 2.24) is 0 Å². The van der Waals surface area contributed by atoms with Crippen LogP contribution in [0.5, 0.6) is 0 Å². The second-order valence-electron chi connectivity index (χ2n) is 11.1. The van der Waals surface area contributed by atoms with Crippen LogP contribution in [0.3, 0.4) is 0 Å². The molecule has 63 heavy (non-hydrogen) atoms. The van der Waals surface area contributed by atoms with Gasteiger partial charge >= 0.3 is 62.6 Å². The molecular formula is C21H51FO33P8. The lowest BCUT2D eigenvalue weighted by Crippen LogP contribution is -2.16. The van der Waals surface area contributed by atoms with E-state index in [4.69, 9.17) is 14.9 Å². The maximum absolute atomic E-state index is 12.5. The van der Waals surface area contributed by atoms with Gasteiger partial charge in [-0.2, -0.15) is 0 Å². The third-order valence-corrected chi connectivity index (χ3v) is 13.6. The lowest BCUT2D eigenvalue weighted by Gasteiger charge is -2.18. The number of rotatable bonds is 42. The van der Waals surface area contributed by atoms with E-state index in [0.717, 1.165) is 0 Å². The predicted molar refractivity (Wildman–Crippen MR) is 200 cm³/mol. The van der Waals surface area contributed by atoms with Gasteiger partial charge in [0, 0.05) is 11.8 Å². The highest BCUT2D eigenvalue weighted by Gasteiger charge is 2.30. The second kappa shape index (κ2) is 31.1. The van der Waals surface area contributed by atoms with Crippen molar-refractivity contribution < 1.29 is 158 Å². The van der Waals surface area contributed by atoms with Crippen molar-refractivity contribution in [2.45, 2.75) is 13.3 Å². The van der Waals surface area contributed by atoms with E-state index in [9.17, 15) is 75.2 Å². The Morgan fingerprint density at radius 2 is 0.540 bits per heavy atom. The number of phosphoric acid groups is 8. The molecule has 0 saturated heterocycles. The van der Waals surface area contributed by atoms with Crippen LogP contribution in [0.2, 0.25) is 0 Å².